The molecule has 28 heavy (non-hydrogen) atoms. The van der Waals surface area contributed by atoms with Gasteiger partial charge in [0.25, 0.3) is 0 Å². The molecule has 1 amide bonds. The molecule has 2 unspecified atom stereocenters. The fourth-order valence-corrected chi connectivity index (χ4v) is 3.87. The summed E-state index contributed by atoms with van der Waals surface area (Å²) in [6.45, 7) is 9.48. The Labute approximate surface area is 167 Å². The van der Waals surface area contributed by atoms with Crippen molar-refractivity contribution in [2.24, 2.45) is 0 Å². The molecule has 152 valence electrons. The van der Waals surface area contributed by atoms with Crippen molar-refractivity contribution in [3.63, 3.8) is 0 Å². The number of nitrogens with one attached hydrogen (secondary N) is 2. The van der Waals surface area contributed by atoms with E-state index >= 15 is 0 Å². The van der Waals surface area contributed by atoms with E-state index in [0.717, 1.165) is 11.1 Å². The number of rotatable bonds is 6. The fraction of sp³-hybridized carbons (Fsp3) is 0.381. The van der Waals surface area contributed by atoms with Crippen LogP contribution < -0.4 is 10.0 Å². The number of carbonyl (C=O) groups excluding carboxylic acids is 1. The third-order valence-corrected chi connectivity index (χ3v) is 5.85. The number of benzene rings is 2. The van der Waals surface area contributed by atoms with Crippen LogP contribution >= 0.6 is 0 Å². The van der Waals surface area contributed by atoms with E-state index in [2.05, 4.69) is 30.8 Å². The summed E-state index contributed by atoms with van der Waals surface area (Å²) in [5, 5.41) is 12.6. The molecule has 6 nitrogen and oxygen atoms in total. The number of carbonyl (C=O) groups is 1. The highest BCUT2D eigenvalue weighted by Crippen LogP contribution is 2.23. The van der Waals surface area contributed by atoms with E-state index < -0.39 is 28.1 Å². The summed E-state index contributed by atoms with van der Waals surface area (Å²) in [5.74, 6) is -0.630. The van der Waals surface area contributed by atoms with Crippen LogP contribution in [0.3, 0.4) is 0 Å². The molecule has 0 bridgehead atoms. The molecule has 0 fully saturated rings. The molecular formula is C21H28N2O4S. The number of aliphatic hydroxyl groups is 1. The molecule has 0 saturated carbocycles. The van der Waals surface area contributed by atoms with Crippen LogP contribution in [0, 0.1) is 6.92 Å². The second-order valence-electron chi connectivity index (χ2n) is 7.97. The molecule has 0 aromatic heterocycles. The molecule has 7 heteroatoms. The maximum absolute atomic E-state index is 12.6. The Morgan fingerprint density at radius 2 is 1.54 bits per heavy atom. The maximum atomic E-state index is 12.6. The van der Waals surface area contributed by atoms with E-state index in [1.54, 1.807) is 24.3 Å². The maximum Gasteiger partial charge on any atom is 0.245 e. The van der Waals surface area contributed by atoms with Crippen LogP contribution in [0.2, 0.25) is 0 Å². The Kier molecular flexibility index (Phi) is 6.64. The van der Waals surface area contributed by atoms with Crippen molar-refractivity contribution in [3.8, 4) is 0 Å². The summed E-state index contributed by atoms with van der Waals surface area (Å²) < 4.78 is 27.4. The second-order valence-corrected chi connectivity index (χ2v) is 9.68. The molecule has 2 atom stereocenters. The van der Waals surface area contributed by atoms with Crippen LogP contribution in [-0.4, -0.2) is 31.6 Å². The molecule has 3 N–H and O–H groups in total. The quantitative estimate of drug-likeness (QED) is 0.690. The monoisotopic (exact) mass is 404 g/mol. The van der Waals surface area contributed by atoms with Crippen LogP contribution in [0.5, 0.6) is 0 Å². The van der Waals surface area contributed by atoms with E-state index in [1.165, 1.54) is 19.1 Å². The third kappa shape index (κ3) is 5.64. The molecule has 2 aromatic carbocycles. The van der Waals surface area contributed by atoms with Gasteiger partial charge in [0.15, 0.2) is 0 Å². The number of hydrogen-bond acceptors (Lipinski definition) is 4. The number of anilines is 1. The lowest BCUT2D eigenvalue weighted by Crippen LogP contribution is -2.50. The highest BCUT2D eigenvalue weighted by Gasteiger charge is 2.29. The smallest absolute Gasteiger partial charge is 0.245 e. The Morgan fingerprint density at radius 3 is 2.00 bits per heavy atom. The van der Waals surface area contributed by atoms with Gasteiger partial charge in [-0.1, -0.05) is 50.6 Å². The summed E-state index contributed by atoms with van der Waals surface area (Å²) >= 11 is 0. The average molecular weight is 405 g/mol. The van der Waals surface area contributed by atoms with Gasteiger partial charge in [-0.3, -0.25) is 4.79 Å². The predicted octanol–water partition coefficient (Wildman–Crippen LogP) is 2.96. The average Bonchev–Trinajstić information content (AvgIpc) is 2.59. The Balaban J connectivity index is 2.17. The highest BCUT2D eigenvalue weighted by atomic mass is 32.2. The highest BCUT2D eigenvalue weighted by molar-refractivity contribution is 7.89. The van der Waals surface area contributed by atoms with Crippen LogP contribution in [0.4, 0.5) is 5.69 Å². The van der Waals surface area contributed by atoms with Crippen LogP contribution in [-0.2, 0) is 20.2 Å². The molecular weight excluding hydrogens is 376 g/mol. The Morgan fingerprint density at radius 1 is 1.00 bits per heavy atom. The number of sulfonamides is 1. The molecule has 0 aliphatic carbocycles. The zero-order valence-electron chi connectivity index (χ0n) is 16.9. The standard InChI is InChI=1S/C21H28N2O4S/c1-14-6-12-18(13-7-14)28(26,27)23-19(15(2)24)20(25)22-17-10-8-16(9-11-17)21(3,4)5/h6-13,15,19,23-24H,1-5H3,(H,22,25). The number of amides is 1. The number of aryl methyl sites for hydroxylation is 1. The zero-order valence-corrected chi connectivity index (χ0v) is 17.7. The van der Waals surface area contributed by atoms with Crippen LogP contribution in [0.25, 0.3) is 0 Å². The van der Waals surface area contributed by atoms with E-state index in [9.17, 15) is 18.3 Å². The topological polar surface area (TPSA) is 95.5 Å². The minimum atomic E-state index is -3.96. The first kappa shape index (κ1) is 22.1. The van der Waals surface area contributed by atoms with E-state index in [4.69, 9.17) is 0 Å². The summed E-state index contributed by atoms with van der Waals surface area (Å²) in [4.78, 5) is 12.6. The second kappa shape index (κ2) is 8.43. The molecule has 0 heterocycles. The van der Waals surface area contributed by atoms with Crippen LogP contribution in [0.1, 0.15) is 38.8 Å². The van der Waals surface area contributed by atoms with Crippen molar-refractivity contribution in [1.29, 1.82) is 0 Å². The minimum absolute atomic E-state index is 0.0195. The van der Waals surface area contributed by atoms with Gasteiger partial charge in [-0.15, -0.1) is 0 Å². The van der Waals surface area contributed by atoms with E-state index in [1.807, 2.05) is 19.1 Å². The van der Waals surface area contributed by atoms with Crippen molar-refractivity contribution < 1.29 is 18.3 Å². The minimum Gasteiger partial charge on any atom is -0.391 e. The van der Waals surface area contributed by atoms with Gasteiger partial charge in [0, 0.05) is 5.69 Å². The van der Waals surface area contributed by atoms with Crippen molar-refractivity contribution >= 4 is 21.6 Å². The van der Waals surface area contributed by atoms with E-state index in [-0.39, 0.29) is 10.3 Å². The first-order valence-electron chi connectivity index (χ1n) is 9.08. The Bertz CT molecular complexity index is 912. The molecule has 0 radical (unpaired) electrons. The van der Waals surface area contributed by atoms with E-state index in [0.29, 0.717) is 5.69 Å². The van der Waals surface area contributed by atoms with Gasteiger partial charge in [0.05, 0.1) is 11.0 Å². The SMILES string of the molecule is Cc1ccc(S(=O)(=O)NC(C(=O)Nc2ccc(C(C)(C)C)cc2)C(C)O)cc1. The summed E-state index contributed by atoms with van der Waals surface area (Å²) in [7, 11) is -3.96. The lowest BCUT2D eigenvalue weighted by molar-refractivity contribution is -0.119. The molecule has 2 aromatic rings. The lowest BCUT2D eigenvalue weighted by Gasteiger charge is -2.22. The Hall–Kier alpha value is -2.22. The van der Waals surface area contributed by atoms with Crippen molar-refractivity contribution in [2.45, 2.75) is 57.1 Å². The fourth-order valence-electron chi connectivity index (χ4n) is 2.60. The summed E-state index contributed by atoms with van der Waals surface area (Å²) in [5.41, 5.74) is 2.53. The van der Waals surface area contributed by atoms with Crippen molar-refractivity contribution in [3.05, 3.63) is 59.7 Å². The number of hydrogen-bond donors (Lipinski definition) is 3. The first-order valence-corrected chi connectivity index (χ1v) is 10.6. The number of aliphatic hydroxyl groups excluding tert-OH is 1. The largest absolute Gasteiger partial charge is 0.391 e. The van der Waals surface area contributed by atoms with Gasteiger partial charge >= 0.3 is 0 Å². The lowest BCUT2D eigenvalue weighted by atomic mass is 9.87. The van der Waals surface area contributed by atoms with Crippen molar-refractivity contribution in [2.75, 3.05) is 5.32 Å². The van der Waals surface area contributed by atoms with Crippen molar-refractivity contribution in [1.82, 2.24) is 4.72 Å². The molecule has 2 rings (SSSR count). The summed E-state index contributed by atoms with van der Waals surface area (Å²) in [6.07, 6.45) is -1.21. The molecule has 0 aliphatic heterocycles. The normalized spacial score (nSPS) is 14.4. The van der Waals surface area contributed by atoms with Gasteiger partial charge in [-0.05, 0) is 49.1 Å². The zero-order chi connectivity index (χ0) is 21.1. The molecule has 0 saturated heterocycles. The van der Waals surface area contributed by atoms with Gasteiger partial charge in [0.1, 0.15) is 6.04 Å². The van der Waals surface area contributed by atoms with Gasteiger partial charge in [0.2, 0.25) is 15.9 Å². The summed E-state index contributed by atoms with van der Waals surface area (Å²) in [6, 6.07) is 12.3. The molecule has 0 spiro atoms. The van der Waals surface area contributed by atoms with Gasteiger partial charge in [-0.2, -0.15) is 4.72 Å². The van der Waals surface area contributed by atoms with Gasteiger partial charge < -0.3 is 10.4 Å². The predicted molar refractivity (Wildman–Crippen MR) is 111 cm³/mol. The molecule has 0 aliphatic rings. The van der Waals surface area contributed by atoms with Crippen LogP contribution in [0.15, 0.2) is 53.4 Å². The first-order chi connectivity index (χ1) is 12.9. The third-order valence-electron chi connectivity index (χ3n) is 4.40. The van der Waals surface area contributed by atoms with Gasteiger partial charge in [-0.25, -0.2) is 8.42 Å².